The molecular formula is C14H34N4O2. The molecule has 0 aliphatic carbocycles. The molecule has 0 aromatic rings. The molecule has 0 spiro atoms. The van der Waals surface area contributed by atoms with Crippen LogP contribution in [0.4, 0.5) is 0 Å². The fourth-order valence-corrected chi connectivity index (χ4v) is 1.73. The Kier molecular flexibility index (Phi) is 16.6. The molecule has 0 amide bonds. The van der Waals surface area contributed by atoms with E-state index in [9.17, 15) is 0 Å². The maximum Gasteiger partial charge on any atom is 0.0568 e. The summed E-state index contributed by atoms with van der Waals surface area (Å²) in [6, 6.07) is 0. The van der Waals surface area contributed by atoms with E-state index in [1.165, 1.54) is 12.8 Å². The predicted molar refractivity (Wildman–Crippen MR) is 83.4 cm³/mol. The number of hydrogen-bond acceptors (Lipinski definition) is 6. The number of nitrogens with one attached hydrogen (secondary N) is 1. The van der Waals surface area contributed by atoms with Crippen molar-refractivity contribution in [2.24, 2.45) is 17.2 Å². The monoisotopic (exact) mass is 290 g/mol. The standard InChI is InChI=1S/C14H34N4O2/c15-7-5-12-19-10-3-1-2-4-11-20-13-6-14(17)18-9-8-16/h14,18H,1-13,15-17H2. The Bertz CT molecular complexity index is 185. The SMILES string of the molecule is NCCCOCCCCCCOCCC(N)NCCN. The molecule has 0 radical (unpaired) electrons. The van der Waals surface area contributed by atoms with Gasteiger partial charge in [0, 0.05) is 39.5 Å². The van der Waals surface area contributed by atoms with Crippen molar-refractivity contribution < 1.29 is 9.47 Å². The highest BCUT2D eigenvalue weighted by molar-refractivity contribution is 4.58. The van der Waals surface area contributed by atoms with Crippen LogP contribution >= 0.6 is 0 Å². The molecule has 6 heteroatoms. The van der Waals surface area contributed by atoms with Crippen molar-refractivity contribution in [1.82, 2.24) is 5.32 Å². The lowest BCUT2D eigenvalue weighted by Crippen LogP contribution is -2.40. The molecule has 0 fully saturated rings. The summed E-state index contributed by atoms with van der Waals surface area (Å²) in [6.45, 7) is 5.25. The third-order valence-corrected chi connectivity index (χ3v) is 2.94. The average molecular weight is 290 g/mol. The third kappa shape index (κ3) is 15.8. The molecule has 0 heterocycles. The maximum atomic E-state index is 5.82. The van der Waals surface area contributed by atoms with Crippen LogP contribution in [0.3, 0.4) is 0 Å². The Morgan fingerprint density at radius 1 is 0.750 bits per heavy atom. The fourth-order valence-electron chi connectivity index (χ4n) is 1.73. The molecule has 0 aliphatic rings. The Morgan fingerprint density at radius 3 is 1.95 bits per heavy atom. The number of unbranched alkanes of at least 4 members (excludes halogenated alkanes) is 3. The molecule has 20 heavy (non-hydrogen) atoms. The second-order valence-corrected chi connectivity index (χ2v) is 4.92. The molecule has 0 aromatic heterocycles. The summed E-state index contributed by atoms with van der Waals surface area (Å²) >= 11 is 0. The second-order valence-electron chi connectivity index (χ2n) is 4.92. The van der Waals surface area contributed by atoms with Crippen molar-refractivity contribution in [3.8, 4) is 0 Å². The molecular weight excluding hydrogens is 256 g/mol. The van der Waals surface area contributed by atoms with Gasteiger partial charge in [0.05, 0.1) is 6.17 Å². The van der Waals surface area contributed by atoms with E-state index in [4.69, 9.17) is 26.7 Å². The minimum Gasteiger partial charge on any atom is -0.381 e. The smallest absolute Gasteiger partial charge is 0.0568 e. The van der Waals surface area contributed by atoms with E-state index in [2.05, 4.69) is 5.32 Å². The van der Waals surface area contributed by atoms with E-state index in [1.54, 1.807) is 0 Å². The summed E-state index contributed by atoms with van der Waals surface area (Å²) in [5.41, 5.74) is 16.6. The van der Waals surface area contributed by atoms with Crippen LogP contribution in [-0.4, -0.2) is 52.2 Å². The Hall–Kier alpha value is -0.240. The van der Waals surface area contributed by atoms with Crippen molar-refractivity contribution in [2.45, 2.75) is 44.7 Å². The summed E-state index contributed by atoms with van der Waals surface area (Å²) < 4.78 is 11.0. The quantitative estimate of drug-likeness (QED) is 0.238. The molecule has 0 saturated carbocycles. The van der Waals surface area contributed by atoms with Crippen LogP contribution in [0.15, 0.2) is 0 Å². The van der Waals surface area contributed by atoms with E-state index in [-0.39, 0.29) is 6.17 Å². The molecule has 6 nitrogen and oxygen atoms in total. The summed E-state index contributed by atoms with van der Waals surface area (Å²) in [5, 5.41) is 3.12. The first-order valence-corrected chi connectivity index (χ1v) is 7.86. The number of hydrogen-bond donors (Lipinski definition) is 4. The highest BCUT2D eigenvalue weighted by atomic mass is 16.5. The zero-order valence-electron chi connectivity index (χ0n) is 12.8. The van der Waals surface area contributed by atoms with Crippen LogP contribution in [-0.2, 0) is 9.47 Å². The fraction of sp³-hybridized carbons (Fsp3) is 1.00. The first-order chi connectivity index (χ1) is 9.81. The Labute approximate surface area is 123 Å². The van der Waals surface area contributed by atoms with Gasteiger partial charge in [0.15, 0.2) is 0 Å². The summed E-state index contributed by atoms with van der Waals surface area (Å²) in [6.07, 6.45) is 6.39. The number of nitrogens with two attached hydrogens (primary N) is 3. The number of rotatable bonds is 16. The Morgan fingerprint density at radius 2 is 1.35 bits per heavy atom. The van der Waals surface area contributed by atoms with Gasteiger partial charge in [-0.3, -0.25) is 0 Å². The zero-order valence-corrected chi connectivity index (χ0v) is 12.8. The van der Waals surface area contributed by atoms with Gasteiger partial charge in [-0.05, 0) is 32.2 Å². The van der Waals surface area contributed by atoms with Crippen LogP contribution in [0.25, 0.3) is 0 Å². The van der Waals surface area contributed by atoms with Gasteiger partial charge in [-0.2, -0.15) is 0 Å². The van der Waals surface area contributed by atoms with Crippen LogP contribution in [0.5, 0.6) is 0 Å². The van der Waals surface area contributed by atoms with Crippen LogP contribution in [0.2, 0.25) is 0 Å². The van der Waals surface area contributed by atoms with Crippen molar-refractivity contribution in [3.05, 3.63) is 0 Å². The average Bonchev–Trinajstić information content (AvgIpc) is 2.46. The summed E-state index contributed by atoms with van der Waals surface area (Å²) in [4.78, 5) is 0. The minimum absolute atomic E-state index is 0.00998. The predicted octanol–water partition coefficient (Wildman–Crippen LogP) is 0.152. The molecule has 0 rings (SSSR count). The van der Waals surface area contributed by atoms with Crippen molar-refractivity contribution in [3.63, 3.8) is 0 Å². The molecule has 0 saturated heterocycles. The molecule has 7 N–H and O–H groups in total. The molecule has 0 aromatic carbocycles. The van der Waals surface area contributed by atoms with Gasteiger partial charge < -0.3 is 32.0 Å². The topological polar surface area (TPSA) is 109 Å². The largest absolute Gasteiger partial charge is 0.381 e. The zero-order chi connectivity index (χ0) is 14.9. The van der Waals surface area contributed by atoms with E-state index in [0.29, 0.717) is 19.7 Å². The lowest BCUT2D eigenvalue weighted by Gasteiger charge is -2.13. The lowest BCUT2D eigenvalue weighted by atomic mass is 10.2. The molecule has 1 atom stereocenters. The second kappa shape index (κ2) is 16.8. The Balaban J connectivity index is 3.02. The highest BCUT2D eigenvalue weighted by Crippen LogP contribution is 2.01. The van der Waals surface area contributed by atoms with Gasteiger partial charge in [-0.25, -0.2) is 0 Å². The molecule has 122 valence electrons. The molecule has 1 unspecified atom stereocenters. The van der Waals surface area contributed by atoms with Crippen LogP contribution in [0.1, 0.15) is 38.5 Å². The third-order valence-electron chi connectivity index (χ3n) is 2.94. The summed E-state index contributed by atoms with van der Waals surface area (Å²) in [7, 11) is 0. The van der Waals surface area contributed by atoms with Gasteiger partial charge >= 0.3 is 0 Å². The molecule has 0 aliphatic heterocycles. The van der Waals surface area contributed by atoms with E-state index in [0.717, 1.165) is 52.0 Å². The van der Waals surface area contributed by atoms with Gasteiger partial charge in [0.1, 0.15) is 0 Å². The first kappa shape index (κ1) is 19.8. The highest BCUT2D eigenvalue weighted by Gasteiger charge is 2.00. The van der Waals surface area contributed by atoms with Crippen LogP contribution < -0.4 is 22.5 Å². The van der Waals surface area contributed by atoms with Gasteiger partial charge in [0.25, 0.3) is 0 Å². The number of ether oxygens (including phenoxy) is 2. The van der Waals surface area contributed by atoms with Gasteiger partial charge in [-0.1, -0.05) is 12.8 Å². The van der Waals surface area contributed by atoms with Crippen LogP contribution in [0, 0.1) is 0 Å². The lowest BCUT2D eigenvalue weighted by molar-refractivity contribution is 0.115. The van der Waals surface area contributed by atoms with Gasteiger partial charge in [-0.15, -0.1) is 0 Å². The van der Waals surface area contributed by atoms with E-state index < -0.39 is 0 Å². The first-order valence-electron chi connectivity index (χ1n) is 7.86. The van der Waals surface area contributed by atoms with Crippen molar-refractivity contribution >= 4 is 0 Å². The van der Waals surface area contributed by atoms with Gasteiger partial charge in [0.2, 0.25) is 0 Å². The molecule has 0 bridgehead atoms. The summed E-state index contributed by atoms with van der Waals surface area (Å²) in [5.74, 6) is 0. The van der Waals surface area contributed by atoms with Crippen molar-refractivity contribution in [1.29, 1.82) is 0 Å². The maximum absolute atomic E-state index is 5.82. The van der Waals surface area contributed by atoms with E-state index >= 15 is 0 Å². The normalized spacial score (nSPS) is 12.8. The minimum atomic E-state index is -0.00998. The van der Waals surface area contributed by atoms with Crippen molar-refractivity contribution in [2.75, 3.05) is 46.1 Å². The van der Waals surface area contributed by atoms with E-state index in [1.807, 2.05) is 0 Å².